The highest BCUT2D eigenvalue weighted by molar-refractivity contribution is 9.10. The van der Waals surface area contributed by atoms with Crippen LogP contribution in [0.15, 0.2) is 70.5 Å². The monoisotopic (exact) mass is 400 g/mol. The van der Waals surface area contributed by atoms with E-state index in [-0.39, 0.29) is 11.8 Å². The number of carbonyl (C=O) groups is 2. The summed E-state index contributed by atoms with van der Waals surface area (Å²) < 4.78 is 0.840. The summed E-state index contributed by atoms with van der Waals surface area (Å²) in [5, 5.41) is 7.50. The van der Waals surface area contributed by atoms with Gasteiger partial charge in [0.2, 0.25) is 0 Å². The van der Waals surface area contributed by atoms with Gasteiger partial charge in [0.15, 0.2) is 0 Å². The summed E-state index contributed by atoms with van der Waals surface area (Å²) >= 11 is 4.72. The highest BCUT2D eigenvalue weighted by atomic mass is 79.9. The van der Waals surface area contributed by atoms with E-state index in [4.69, 9.17) is 0 Å². The molecule has 0 aliphatic heterocycles. The van der Waals surface area contributed by atoms with E-state index < -0.39 is 0 Å². The number of amides is 2. The summed E-state index contributed by atoms with van der Waals surface area (Å²) in [4.78, 5) is 25.0. The average Bonchev–Trinajstić information content (AvgIpc) is 3.10. The van der Waals surface area contributed by atoms with Crippen molar-refractivity contribution in [2.24, 2.45) is 0 Å². The summed E-state index contributed by atoms with van der Waals surface area (Å²) in [5.74, 6) is -0.376. The molecule has 0 radical (unpaired) electrons. The van der Waals surface area contributed by atoms with E-state index >= 15 is 0 Å². The van der Waals surface area contributed by atoms with Gasteiger partial charge in [-0.25, -0.2) is 0 Å². The molecule has 6 heteroatoms. The van der Waals surface area contributed by atoms with Crippen LogP contribution in [0, 0.1) is 0 Å². The Balaban J connectivity index is 1.71. The Morgan fingerprint density at radius 2 is 1.54 bits per heavy atom. The van der Waals surface area contributed by atoms with Crippen LogP contribution in [0.25, 0.3) is 0 Å². The molecule has 4 nitrogen and oxygen atoms in total. The molecule has 0 aliphatic rings. The van der Waals surface area contributed by atoms with E-state index in [0.717, 1.165) is 4.47 Å². The molecule has 3 rings (SSSR count). The van der Waals surface area contributed by atoms with Crippen LogP contribution in [0.1, 0.15) is 20.0 Å². The van der Waals surface area contributed by atoms with Crippen molar-refractivity contribution >= 4 is 50.5 Å². The third-order valence-corrected chi connectivity index (χ3v) is 4.57. The highest BCUT2D eigenvalue weighted by Gasteiger charge is 2.09. The van der Waals surface area contributed by atoms with Crippen molar-refractivity contribution in [2.75, 3.05) is 10.6 Å². The second-order valence-corrected chi connectivity index (χ2v) is 6.84. The molecule has 2 N–H and O–H groups in total. The van der Waals surface area contributed by atoms with E-state index in [9.17, 15) is 9.59 Å². The lowest BCUT2D eigenvalue weighted by Crippen LogP contribution is -2.13. The number of hydrogen-bond acceptors (Lipinski definition) is 3. The third-order valence-electron chi connectivity index (χ3n) is 3.21. The number of anilines is 2. The van der Waals surface area contributed by atoms with Crippen molar-refractivity contribution in [1.29, 1.82) is 0 Å². The molecular formula is C18H13BrN2O2S. The van der Waals surface area contributed by atoms with Crippen LogP contribution in [0.3, 0.4) is 0 Å². The van der Waals surface area contributed by atoms with Crippen LogP contribution < -0.4 is 10.6 Å². The minimum Gasteiger partial charge on any atom is -0.322 e. The molecule has 1 heterocycles. The number of benzene rings is 2. The van der Waals surface area contributed by atoms with Crippen LogP contribution >= 0.6 is 27.3 Å². The number of hydrogen-bond donors (Lipinski definition) is 2. The predicted molar refractivity (Wildman–Crippen MR) is 101 cm³/mol. The lowest BCUT2D eigenvalue weighted by molar-refractivity contribution is 0.102. The molecule has 0 spiro atoms. The fraction of sp³-hybridized carbons (Fsp3) is 0. The van der Waals surface area contributed by atoms with Crippen LogP contribution in [0.5, 0.6) is 0 Å². The Labute approximate surface area is 151 Å². The number of halogens is 1. The molecule has 2 aromatic carbocycles. The van der Waals surface area contributed by atoms with Crippen molar-refractivity contribution < 1.29 is 9.59 Å². The number of thiophene rings is 1. The number of rotatable bonds is 4. The van der Waals surface area contributed by atoms with Crippen molar-refractivity contribution in [2.45, 2.75) is 0 Å². The van der Waals surface area contributed by atoms with Crippen LogP contribution in [0.2, 0.25) is 0 Å². The molecule has 0 atom stereocenters. The molecule has 0 fully saturated rings. The Morgan fingerprint density at radius 3 is 2.21 bits per heavy atom. The first-order valence-electron chi connectivity index (χ1n) is 7.14. The molecule has 0 unspecified atom stereocenters. The molecule has 1 aromatic heterocycles. The van der Waals surface area contributed by atoms with E-state index in [1.807, 2.05) is 17.5 Å². The second-order valence-electron chi connectivity index (χ2n) is 4.98. The minimum atomic E-state index is -0.210. The van der Waals surface area contributed by atoms with Crippen LogP contribution in [0.4, 0.5) is 11.4 Å². The van der Waals surface area contributed by atoms with E-state index in [1.54, 1.807) is 48.5 Å². The SMILES string of the molecule is O=C(Nc1cccc(NC(=O)c2cccs2)c1)c1cccc(Br)c1. The van der Waals surface area contributed by atoms with Gasteiger partial charge in [0.05, 0.1) is 4.88 Å². The zero-order valence-corrected chi connectivity index (χ0v) is 14.9. The van der Waals surface area contributed by atoms with Gasteiger partial charge in [-0.05, 0) is 47.8 Å². The topological polar surface area (TPSA) is 58.2 Å². The van der Waals surface area contributed by atoms with Gasteiger partial charge < -0.3 is 10.6 Å². The van der Waals surface area contributed by atoms with Crippen LogP contribution in [-0.4, -0.2) is 11.8 Å². The molecule has 0 saturated heterocycles. The highest BCUT2D eigenvalue weighted by Crippen LogP contribution is 2.19. The first-order chi connectivity index (χ1) is 11.6. The van der Waals surface area contributed by atoms with Crippen molar-refractivity contribution in [3.05, 3.63) is 81.0 Å². The lowest BCUT2D eigenvalue weighted by atomic mass is 10.2. The van der Waals surface area contributed by atoms with Crippen molar-refractivity contribution in [3.63, 3.8) is 0 Å². The summed E-state index contributed by atoms with van der Waals surface area (Å²) in [6, 6.07) is 17.8. The van der Waals surface area contributed by atoms with E-state index in [0.29, 0.717) is 21.8 Å². The zero-order chi connectivity index (χ0) is 16.9. The molecule has 0 aliphatic carbocycles. The predicted octanol–water partition coefficient (Wildman–Crippen LogP) is 5.02. The summed E-state index contributed by atoms with van der Waals surface area (Å²) in [6.45, 7) is 0. The van der Waals surface area contributed by atoms with E-state index in [1.165, 1.54) is 11.3 Å². The summed E-state index contributed by atoms with van der Waals surface area (Å²) in [6.07, 6.45) is 0. The van der Waals surface area contributed by atoms with Gasteiger partial charge in [-0.2, -0.15) is 0 Å². The lowest BCUT2D eigenvalue weighted by Gasteiger charge is -2.08. The maximum atomic E-state index is 12.3. The van der Waals surface area contributed by atoms with Gasteiger partial charge in [-0.3, -0.25) is 9.59 Å². The van der Waals surface area contributed by atoms with Gasteiger partial charge in [0, 0.05) is 21.4 Å². The van der Waals surface area contributed by atoms with Gasteiger partial charge in [0.25, 0.3) is 11.8 Å². The molecule has 0 bridgehead atoms. The minimum absolute atomic E-state index is 0.166. The Kier molecular flexibility index (Phi) is 5.08. The van der Waals surface area contributed by atoms with Crippen LogP contribution in [-0.2, 0) is 0 Å². The largest absolute Gasteiger partial charge is 0.322 e. The van der Waals surface area contributed by atoms with E-state index in [2.05, 4.69) is 26.6 Å². The summed E-state index contributed by atoms with van der Waals surface area (Å²) in [5.41, 5.74) is 1.79. The third kappa shape index (κ3) is 4.10. The maximum Gasteiger partial charge on any atom is 0.265 e. The molecule has 3 aromatic rings. The van der Waals surface area contributed by atoms with Crippen molar-refractivity contribution in [1.82, 2.24) is 0 Å². The first-order valence-corrected chi connectivity index (χ1v) is 8.81. The smallest absolute Gasteiger partial charge is 0.265 e. The Bertz CT molecular complexity index is 878. The number of nitrogens with one attached hydrogen (secondary N) is 2. The fourth-order valence-corrected chi connectivity index (χ4v) is 3.13. The first kappa shape index (κ1) is 16.4. The number of carbonyl (C=O) groups excluding carboxylic acids is 2. The molecule has 2 amide bonds. The van der Waals surface area contributed by atoms with Gasteiger partial charge in [-0.15, -0.1) is 11.3 Å². The Morgan fingerprint density at radius 1 is 0.833 bits per heavy atom. The summed E-state index contributed by atoms with van der Waals surface area (Å²) in [7, 11) is 0. The molecular weight excluding hydrogens is 388 g/mol. The van der Waals surface area contributed by atoms with Gasteiger partial charge in [-0.1, -0.05) is 34.1 Å². The Hall–Kier alpha value is -2.44. The normalized spacial score (nSPS) is 10.2. The zero-order valence-electron chi connectivity index (χ0n) is 12.5. The van der Waals surface area contributed by atoms with Crippen molar-refractivity contribution in [3.8, 4) is 0 Å². The fourth-order valence-electron chi connectivity index (χ4n) is 2.11. The maximum absolute atomic E-state index is 12.3. The molecule has 24 heavy (non-hydrogen) atoms. The second kappa shape index (κ2) is 7.42. The molecule has 120 valence electrons. The molecule has 0 saturated carbocycles. The standard InChI is InChI=1S/C18H13BrN2O2S/c19-13-5-1-4-12(10-13)17(22)20-14-6-2-7-15(11-14)21-18(23)16-8-3-9-24-16/h1-11H,(H,20,22)(H,21,23). The van der Waals surface area contributed by atoms with Gasteiger partial charge in [0.1, 0.15) is 0 Å². The van der Waals surface area contributed by atoms with Gasteiger partial charge >= 0.3 is 0 Å². The average molecular weight is 401 g/mol. The quantitative estimate of drug-likeness (QED) is 0.645.